The molecule has 1 saturated heterocycles. The Kier molecular flexibility index (Phi) is 7.61. The van der Waals surface area contributed by atoms with Gasteiger partial charge in [-0.25, -0.2) is 0 Å². The molecule has 5 heteroatoms. The van der Waals surface area contributed by atoms with E-state index < -0.39 is 0 Å². The van der Waals surface area contributed by atoms with Gasteiger partial charge in [0.2, 0.25) is 0 Å². The largest absolute Gasteiger partial charge is 0.371 e. The zero-order valence-electron chi connectivity index (χ0n) is 23.8. The van der Waals surface area contributed by atoms with Crippen molar-refractivity contribution in [3.05, 3.63) is 79.6 Å². The predicted molar refractivity (Wildman–Crippen MR) is 166 cm³/mol. The molecule has 4 heterocycles. The van der Waals surface area contributed by atoms with Crippen molar-refractivity contribution in [3.8, 4) is 0 Å². The van der Waals surface area contributed by atoms with Crippen LogP contribution in [0.4, 0.5) is 5.69 Å². The highest BCUT2D eigenvalue weighted by molar-refractivity contribution is 7.15. The Morgan fingerprint density at radius 2 is 1.72 bits per heavy atom. The number of carbonyl (C=O) groups excluding carboxylic acids is 1. The topological polar surface area (TPSA) is 35.9 Å². The maximum Gasteiger partial charge on any atom is 0.263 e. The molecule has 0 unspecified atom stereocenters. The molecule has 4 nitrogen and oxygen atoms in total. The predicted octanol–water partition coefficient (Wildman–Crippen LogP) is 7.41. The lowest BCUT2D eigenvalue weighted by Crippen LogP contribution is -2.35. The van der Waals surface area contributed by atoms with Crippen LogP contribution in [0.3, 0.4) is 0 Å². The van der Waals surface area contributed by atoms with Crippen LogP contribution >= 0.6 is 11.3 Å². The van der Waals surface area contributed by atoms with Crippen molar-refractivity contribution in [2.24, 2.45) is 4.99 Å². The van der Waals surface area contributed by atoms with Crippen LogP contribution in [0.25, 0.3) is 5.57 Å². The molecule has 6 rings (SSSR count). The third-order valence-electron chi connectivity index (χ3n) is 8.79. The van der Waals surface area contributed by atoms with Gasteiger partial charge in [-0.15, -0.1) is 11.3 Å². The molecule has 1 aromatic heterocycles. The van der Waals surface area contributed by atoms with Gasteiger partial charge >= 0.3 is 0 Å². The smallest absolute Gasteiger partial charge is 0.263 e. The SMILES string of the molecule is CC/N=C1C=C/C(=C(\c2ccc(C(=O)N3CCCCC3)s2)c2cc3c4c(c2CC)CCCN4CCC3)C(C)=C/1. The lowest BCUT2D eigenvalue weighted by atomic mass is 9.80. The summed E-state index contributed by atoms with van der Waals surface area (Å²) in [7, 11) is 0. The fraction of sp³-hybridized carbons (Fsp3) is 0.471. The molecule has 0 bridgehead atoms. The van der Waals surface area contributed by atoms with E-state index in [4.69, 9.17) is 0 Å². The highest BCUT2D eigenvalue weighted by atomic mass is 32.1. The summed E-state index contributed by atoms with van der Waals surface area (Å²) in [5, 5.41) is 0. The van der Waals surface area contributed by atoms with Crippen molar-refractivity contribution in [2.75, 3.05) is 37.6 Å². The summed E-state index contributed by atoms with van der Waals surface area (Å²) in [5.74, 6) is 0.200. The maximum atomic E-state index is 13.5. The molecule has 204 valence electrons. The second-order valence-corrected chi connectivity index (χ2v) is 12.4. The lowest BCUT2D eigenvalue weighted by Gasteiger charge is -2.39. The number of rotatable bonds is 5. The van der Waals surface area contributed by atoms with Crippen LogP contribution in [0.1, 0.15) is 89.7 Å². The third-order valence-corrected chi connectivity index (χ3v) is 9.88. The van der Waals surface area contributed by atoms with Gasteiger partial charge in [0.15, 0.2) is 0 Å². The van der Waals surface area contributed by atoms with E-state index in [1.165, 1.54) is 82.7 Å². The van der Waals surface area contributed by atoms with E-state index in [9.17, 15) is 4.79 Å². The highest BCUT2D eigenvalue weighted by Gasteiger charge is 2.30. The van der Waals surface area contributed by atoms with Gasteiger partial charge in [-0.3, -0.25) is 9.79 Å². The first kappa shape index (κ1) is 26.3. The summed E-state index contributed by atoms with van der Waals surface area (Å²) in [6.45, 7) is 11.5. The van der Waals surface area contributed by atoms with Gasteiger partial charge in [0, 0.05) is 48.9 Å². The standard InChI is InChI=1S/C34H41N3OS/c1-4-26-28-12-10-20-36-19-9-11-24(33(28)36)22-29(26)32(27-14-13-25(35-5-2)21-23(27)3)30-15-16-31(39-30)34(38)37-17-7-6-8-18-37/h13-16,21-22H,4-12,17-20H2,1-3H3/b32-27+,35-25-. The fourth-order valence-electron chi connectivity index (χ4n) is 7.01. The number of likely N-dealkylation sites (tertiary alicyclic amines) is 1. The van der Waals surface area contributed by atoms with Gasteiger partial charge in [-0.05, 0) is 129 Å². The Labute approximate surface area is 237 Å². The number of nitrogens with zero attached hydrogens (tertiary/aromatic N) is 3. The summed E-state index contributed by atoms with van der Waals surface area (Å²) in [5.41, 5.74) is 12.3. The van der Waals surface area contributed by atoms with Crippen molar-refractivity contribution in [3.63, 3.8) is 0 Å². The summed E-state index contributed by atoms with van der Waals surface area (Å²) in [6.07, 6.45) is 15.9. The maximum absolute atomic E-state index is 13.5. The number of hydrogen-bond donors (Lipinski definition) is 0. The molecule has 0 spiro atoms. The first-order valence-corrected chi connectivity index (χ1v) is 15.9. The zero-order chi connectivity index (χ0) is 26.9. The number of amides is 1. The molecule has 1 amide bonds. The quantitative estimate of drug-likeness (QED) is 0.397. The van der Waals surface area contributed by atoms with E-state index in [2.05, 4.69) is 72.0 Å². The van der Waals surface area contributed by atoms with E-state index in [1.807, 2.05) is 0 Å². The van der Waals surface area contributed by atoms with Gasteiger partial charge in [-0.2, -0.15) is 0 Å². The average molecular weight is 540 g/mol. The molecule has 0 atom stereocenters. The molecule has 1 aromatic carbocycles. The number of aryl methyl sites for hydroxylation is 1. The van der Waals surface area contributed by atoms with Crippen LogP contribution in [-0.2, 0) is 19.3 Å². The van der Waals surface area contributed by atoms with Crippen LogP contribution in [0.2, 0.25) is 0 Å². The Morgan fingerprint density at radius 1 is 0.949 bits per heavy atom. The third kappa shape index (κ3) is 4.95. The number of piperidine rings is 1. The highest BCUT2D eigenvalue weighted by Crippen LogP contribution is 2.45. The molecule has 0 N–H and O–H groups in total. The Hall–Kier alpha value is -2.92. The van der Waals surface area contributed by atoms with Gasteiger partial charge in [0.25, 0.3) is 5.91 Å². The molecule has 3 aliphatic heterocycles. The van der Waals surface area contributed by atoms with Crippen LogP contribution in [-0.4, -0.2) is 49.2 Å². The van der Waals surface area contributed by atoms with Gasteiger partial charge < -0.3 is 9.80 Å². The van der Waals surface area contributed by atoms with Crippen LogP contribution < -0.4 is 4.90 Å². The van der Waals surface area contributed by atoms with Crippen molar-refractivity contribution < 1.29 is 4.79 Å². The van der Waals surface area contributed by atoms with Crippen molar-refractivity contribution >= 4 is 34.2 Å². The summed E-state index contributed by atoms with van der Waals surface area (Å²) in [6, 6.07) is 6.79. The van der Waals surface area contributed by atoms with E-state index in [0.717, 1.165) is 55.9 Å². The summed E-state index contributed by atoms with van der Waals surface area (Å²) >= 11 is 1.68. The van der Waals surface area contributed by atoms with Crippen LogP contribution in [0.5, 0.6) is 0 Å². The summed E-state index contributed by atoms with van der Waals surface area (Å²) in [4.78, 5) is 24.9. The minimum absolute atomic E-state index is 0.200. The van der Waals surface area contributed by atoms with Crippen molar-refractivity contribution in [1.29, 1.82) is 0 Å². The van der Waals surface area contributed by atoms with Gasteiger partial charge in [0.1, 0.15) is 0 Å². The number of aliphatic imine (C=N–C) groups is 1. The number of thiophene rings is 1. The second kappa shape index (κ2) is 11.3. The Balaban J connectivity index is 1.53. The molecule has 0 radical (unpaired) electrons. The van der Waals surface area contributed by atoms with E-state index in [0.29, 0.717) is 0 Å². The van der Waals surface area contributed by atoms with Gasteiger partial charge in [-0.1, -0.05) is 13.0 Å². The van der Waals surface area contributed by atoms with Crippen LogP contribution in [0.15, 0.2) is 52.6 Å². The molecule has 4 aliphatic rings. The number of hydrogen-bond acceptors (Lipinski definition) is 4. The molecule has 1 fully saturated rings. The molecule has 0 saturated carbocycles. The average Bonchev–Trinajstić information content (AvgIpc) is 3.45. The minimum atomic E-state index is 0.200. The van der Waals surface area contributed by atoms with E-state index in [1.54, 1.807) is 16.9 Å². The van der Waals surface area contributed by atoms with E-state index in [-0.39, 0.29) is 5.91 Å². The first-order valence-electron chi connectivity index (χ1n) is 15.1. The fourth-order valence-corrected chi connectivity index (χ4v) is 8.06. The molecule has 2 aromatic rings. The number of benzene rings is 1. The number of anilines is 1. The normalized spacial score (nSPS) is 21.2. The Morgan fingerprint density at radius 3 is 2.46 bits per heavy atom. The van der Waals surface area contributed by atoms with E-state index >= 15 is 0 Å². The monoisotopic (exact) mass is 539 g/mol. The zero-order valence-corrected chi connectivity index (χ0v) is 24.6. The lowest BCUT2D eigenvalue weighted by molar-refractivity contribution is 0.0729. The Bertz CT molecular complexity index is 1400. The number of carbonyl (C=O) groups is 1. The molecular weight excluding hydrogens is 498 g/mol. The second-order valence-electron chi connectivity index (χ2n) is 11.3. The first-order chi connectivity index (χ1) is 19.1. The van der Waals surface area contributed by atoms with Crippen molar-refractivity contribution in [1.82, 2.24) is 4.90 Å². The molecule has 39 heavy (non-hydrogen) atoms. The van der Waals surface area contributed by atoms with Crippen molar-refractivity contribution in [2.45, 2.75) is 72.1 Å². The van der Waals surface area contributed by atoms with Crippen LogP contribution in [0, 0.1) is 0 Å². The summed E-state index contributed by atoms with van der Waals surface area (Å²) < 4.78 is 0. The minimum Gasteiger partial charge on any atom is -0.371 e. The molecule has 1 aliphatic carbocycles. The van der Waals surface area contributed by atoms with Gasteiger partial charge in [0.05, 0.1) is 10.6 Å². The number of allylic oxidation sites excluding steroid dienone is 5. The molecular formula is C34H41N3OS.